The van der Waals surface area contributed by atoms with Crippen LogP contribution in [0.4, 0.5) is 0 Å². The lowest BCUT2D eigenvalue weighted by Gasteiger charge is -2.45. The van der Waals surface area contributed by atoms with E-state index in [0.717, 1.165) is 18.7 Å². The average Bonchev–Trinajstić information content (AvgIpc) is 3.06. The van der Waals surface area contributed by atoms with Crippen LogP contribution >= 0.6 is 0 Å². The Morgan fingerprint density at radius 1 is 1.07 bits per heavy atom. The number of carbonyl (C=O) groups excluding carboxylic acids is 1. The van der Waals surface area contributed by atoms with Crippen molar-refractivity contribution in [2.45, 2.75) is 33.2 Å². The zero-order valence-electron chi connectivity index (χ0n) is 17.2. The molecule has 1 saturated heterocycles. The molecule has 0 bridgehead atoms. The number of hydrogen-bond donors (Lipinski definition) is 0. The molecule has 0 unspecified atom stereocenters. The van der Waals surface area contributed by atoms with Crippen LogP contribution in [0.2, 0.25) is 0 Å². The number of rotatable bonds is 2. The molecular formula is C23H27N3O2. The molecule has 1 aromatic heterocycles. The van der Waals surface area contributed by atoms with Crippen LogP contribution in [-0.4, -0.2) is 52.9 Å². The standard InChI is InChI=1S/C23H27N3O2/c1-15-10-16(2)12-18(11-15)21-24-19-13-17(6-7-20(19)28-21)22(27)26-9-8-25(5)23(3,4)14-26/h6-7,10-13H,8-9,14H2,1-5H3. The summed E-state index contributed by atoms with van der Waals surface area (Å²) in [5.74, 6) is 0.645. The van der Waals surface area contributed by atoms with Crippen molar-refractivity contribution in [1.82, 2.24) is 14.8 Å². The Balaban J connectivity index is 1.64. The lowest BCUT2D eigenvalue weighted by molar-refractivity contribution is 0.0311. The number of aromatic nitrogens is 1. The van der Waals surface area contributed by atoms with Crippen molar-refractivity contribution in [3.63, 3.8) is 0 Å². The number of oxazole rings is 1. The first-order chi connectivity index (χ1) is 13.2. The van der Waals surface area contributed by atoms with E-state index < -0.39 is 0 Å². The van der Waals surface area contributed by atoms with Gasteiger partial charge in [-0.05, 0) is 65.1 Å². The van der Waals surface area contributed by atoms with Gasteiger partial charge in [0, 0.05) is 36.3 Å². The van der Waals surface area contributed by atoms with Crippen LogP contribution in [0.5, 0.6) is 0 Å². The van der Waals surface area contributed by atoms with Gasteiger partial charge < -0.3 is 9.32 Å². The Morgan fingerprint density at radius 2 is 1.79 bits per heavy atom. The number of hydrogen-bond acceptors (Lipinski definition) is 4. The summed E-state index contributed by atoms with van der Waals surface area (Å²) in [4.78, 5) is 21.9. The SMILES string of the molecule is Cc1cc(C)cc(-c2nc3cc(C(=O)N4CCN(C)C(C)(C)C4)ccc3o2)c1. The lowest BCUT2D eigenvalue weighted by Crippen LogP contribution is -2.58. The highest BCUT2D eigenvalue weighted by Crippen LogP contribution is 2.27. The minimum atomic E-state index is -0.0257. The summed E-state index contributed by atoms with van der Waals surface area (Å²) in [5, 5.41) is 0. The Morgan fingerprint density at radius 3 is 2.46 bits per heavy atom. The molecule has 0 atom stereocenters. The zero-order valence-corrected chi connectivity index (χ0v) is 17.2. The van der Waals surface area contributed by atoms with E-state index >= 15 is 0 Å². The maximum Gasteiger partial charge on any atom is 0.254 e. The highest BCUT2D eigenvalue weighted by molar-refractivity contribution is 5.97. The number of likely N-dealkylation sites (N-methyl/N-ethyl adjacent to an activating group) is 1. The van der Waals surface area contributed by atoms with Gasteiger partial charge in [-0.25, -0.2) is 4.98 Å². The number of amides is 1. The van der Waals surface area contributed by atoms with E-state index in [1.165, 1.54) is 11.1 Å². The normalized spacial score (nSPS) is 17.2. The van der Waals surface area contributed by atoms with E-state index in [2.05, 4.69) is 62.8 Å². The van der Waals surface area contributed by atoms with Gasteiger partial charge in [0.2, 0.25) is 5.89 Å². The first kappa shape index (κ1) is 18.7. The largest absolute Gasteiger partial charge is 0.436 e. The minimum absolute atomic E-state index is 0.0257. The molecule has 1 aliphatic rings. The third kappa shape index (κ3) is 3.42. The number of aryl methyl sites for hydroxylation is 2. The quantitative estimate of drug-likeness (QED) is 0.669. The first-order valence-electron chi connectivity index (χ1n) is 9.73. The second-order valence-electron chi connectivity index (χ2n) is 8.54. The van der Waals surface area contributed by atoms with Gasteiger partial charge in [-0.3, -0.25) is 9.69 Å². The van der Waals surface area contributed by atoms with Crippen LogP contribution in [0, 0.1) is 13.8 Å². The summed E-state index contributed by atoms with van der Waals surface area (Å²) in [6, 6.07) is 11.8. The van der Waals surface area contributed by atoms with Gasteiger partial charge in [0.25, 0.3) is 5.91 Å². The Labute approximate surface area is 166 Å². The summed E-state index contributed by atoms with van der Waals surface area (Å²) in [5.41, 5.74) is 5.35. The Hall–Kier alpha value is -2.66. The number of benzene rings is 2. The highest BCUT2D eigenvalue weighted by Gasteiger charge is 2.33. The molecule has 1 aliphatic heterocycles. The van der Waals surface area contributed by atoms with Crippen LogP contribution in [0.15, 0.2) is 40.8 Å². The summed E-state index contributed by atoms with van der Waals surface area (Å²) < 4.78 is 5.95. The molecule has 1 amide bonds. The predicted molar refractivity (Wildman–Crippen MR) is 112 cm³/mol. The van der Waals surface area contributed by atoms with Gasteiger partial charge in [0.15, 0.2) is 5.58 Å². The molecule has 4 rings (SSSR count). The molecular weight excluding hydrogens is 350 g/mol. The predicted octanol–water partition coefficient (Wildman–Crippen LogP) is 4.28. The lowest BCUT2D eigenvalue weighted by atomic mass is 9.99. The first-order valence-corrected chi connectivity index (χ1v) is 9.73. The van der Waals surface area contributed by atoms with E-state index in [9.17, 15) is 4.79 Å². The number of piperazine rings is 1. The van der Waals surface area contributed by atoms with E-state index in [-0.39, 0.29) is 11.4 Å². The van der Waals surface area contributed by atoms with Crippen molar-refractivity contribution in [2.75, 3.05) is 26.7 Å². The summed E-state index contributed by atoms with van der Waals surface area (Å²) >= 11 is 0. The van der Waals surface area contributed by atoms with Gasteiger partial charge in [-0.1, -0.05) is 17.2 Å². The smallest absolute Gasteiger partial charge is 0.254 e. The molecule has 0 N–H and O–H groups in total. The number of fused-ring (bicyclic) bond motifs is 1. The van der Waals surface area contributed by atoms with Crippen molar-refractivity contribution in [2.24, 2.45) is 0 Å². The summed E-state index contributed by atoms with van der Waals surface area (Å²) in [7, 11) is 2.11. The van der Waals surface area contributed by atoms with Gasteiger partial charge in [-0.2, -0.15) is 0 Å². The molecule has 2 aromatic carbocycles. The topological polar surface area (TPSA) is 49.6 Å². The molecule has 0 spiro atoms. The zero-order chi connectivity index (χ0) is 20.1. The Kier molecular flexibility index (Phi) is 4.50. The average molecular weight is 377 g/mol. The maximum atomic E-state index is 13.1. The van der Waals surface area contributed by atoms with Gasteiger partial charge >= 0.3 is 0 Å². The Bertz CT molecular complexity index is 1030. The third-order valence-corrected chi connectivity index (χ3v) is 5.71. The van der Waals surface area contributed by atoms with Crippen LogP contribution in [0.1, 0.15) is 35.3 Å². The summed E-state index contributed by atoms with van der Waals surface area (Å²) in [6.07, 6.45) is 0. The van der Waals surface area contributed by atoms with Crippen molar-refractivity contribution < 1.29 is 9.21 Å². The van der Waals surface area contributed by atoms with Gasteiger partial charge in [-0.15, -0.1) is 0 Å². The van der Waals surface area contributed by atoms with E-state index in [1.807, 2.05) is 23.1 Å². The van der Waals surface area contributed by atoms with Crippen LogP contribution in [-0.2, 0) is 0 Å². The highest BCUT2D eigenvalue weighted by atomic mass is 16.3. The van der Waals surface area contributed by atoms with Crippen molar-refractivity contribution in [1.29, 1.82) is 0 Å². The maximum absolute atomic E-state index is 13.1. The fourth-order valence-electron chi connectivity index (χ4n) is 3.88. The van der Waals surface area contributed by atoms with Crippen LogP contribution in [0.3, 0.4) is 0 Å². The number of carbonyl (C=O) groups is 1. The molecule has 2 heterocycles. The molecule has 3 aromatic rings. The van der Waals surface area contributed by atoms with E-state index in [0.29, 0.717) is 29.1 Å². The van der Waals surface area contributed by atoms with E-state index in [4.69, 9.17) is 4.42 Å². The second kappa shape index (κ2) is 6.74. The van der Waals surface area contributed by atoms with Crippen molar-refractivity contribution in [3.8, 4) is 11.5 Å². The molecule has 0 aliphatic carbocycles. The fraction of sp³-hybridized carbons (Fsp3) is 0.391. The molecule has 5 nitrogen and oxygen atoms in total. The molecule has 1 fully saturated rings. The second-order valence-corrected chi connectivity index (χ2v) is 8.54. The summed E-state index contributed by atoms with van der Waals surface area (Å²) in [6.45, 7) is 10.8. The number of nitrogens with zero attached hydrogens (tertiary/aromatic N) is 3. The fourth-order valence-corrected chi connectivity index (χ4v) is 3.88. The van der Waals surface area contributed by atoms with Gasteiger partial charge in [0.05, 0.1) is 0 Å². The van der Waals surface area contributed by atoms with Gasteiger partial charge in [0.1, 0.15) is 5.52 Å². The van der Waals surface area contributed by atoms with Crippen LogP contribution in [0.25, 0.3) is 22.6 Å². The molecule has 0 saturated carbocycles. The minimum Gasteiger partial charge on any atom is -0.436 e. The third-order valence-electron chi connectivity index (χ3n) is 5.71. The van der Waals surface area contributed by atoms with E-state index in [1.54, 1.807) is 0 Å². The molecule has 0 radical (unpaired) electrons. The molecule has 28 heavy (non-hydrogen) atoms. The van der Waals surface area contributed by atoms with Crippen molar-refractivity contribution >= 4 is 17.0 Å². The van der Waals surface area contributed by atoms with Crippen molar-refractivity contribution in [3.05, 3.63) is 53.1 Å². The molecule has 5 heteroatoms. The van der Waals surface area contributed by atoms with Crippen LogP contribution < -0.4 is 0 Å². The molecule has 146 valence electrons. The monoisotopic (exact) mass is 377 g/mol.